The Balaban J connectivity index is 1.03. The highest BCUT2D eigenvalue weighted by Gasteiger charge is 2.52. The second-order valence-electron chi connectivity index (χ2n) is 19.6. The lowest BCUT2D eigenvalue weighted by Gasteiger charge is -2.34. The summed E-state index contributed by atoms with van der Waals surface area (Å²) < 4.78 is 0. The van der Waals surface area contributed by atoms with Crippen molar-refractivity contribution in [2.75, 3.05) is 9.80 Å². The summed E-state index contributed by atoms with van der Waals surface area (Å²) in [7, 11) is 0. The molecule has 0 bridgehead atoms. The molecule has 0 saturated heterocycles. The van der Waals surface area contributed by atoms with E-state index in [0.29, 0.717) is 0 Å². The lowest BCUT2D eigenvalue weighted by atomic mass is 9.70. The fraction of sp³-hybridized carbons (Fsp3) is 0.0588. The van der Waals surface area contributed by atoms with Gasteiger partial charge in [0.2, 0.25) is 0 Å². The Morgan fingerprint density at radius 1 is 0.271 bits per heavy atom. The summed E-state index contributed by atoms with van der Waals surface area (Å²) in [6, 6.07) is 95.0. The number of benzene rings is 11. The lowest BCUT2D eigenvalue weighted by molar-refractivity contribution is 0.660. The fourth-order valence-electron chi connectivity index (χ4n) is 12.6. The molecule has 11 aromatic rings. The largest absolute Gasteiger partial charge is 0.310 e. The molecule has 1 atom stereocenters. The summed E-state index contributed by atoms with van der Waals surface area (Å²) in [5.41, 5.74) is 24.0. The molecule has 2 nitrogen and oxygen atoms in total. The molecular weight excluding hydrogens is 845 g/mol. The van der Waals surface area contributed by atoms with E-state index >= 15 is 0 Å². The van der Waals surface area contributed by atoms with Crippen molar-refractivity contribution in [3.63, 3.8) is 0 Å². The van der Waals surface area contributed by atoms with Crippen LogP contribution in [0.15, 0.2) is 255 Å². The monoisotopic (exact) mass is 892 g/mol. The van der Waals surface area contributed by atoms with E-state index in [1.165, 1.54) is 88.7 Å². The molecule has 0 aliphatic heterocycles. The predicted octanol–water partition coefficient (Wildman–Crippen LogP) is 18.1. The van der Waals surface area contributed by atoms with Crippen LogP contribution >= 0.6 is 0 Å². The summed E-state index contributed by atoms with van der Waals surface area (Å²) in [6.07, 6.45) is 0. The molecule has 330 valence electrons. The Bertz CT molecular complexity index is 3870. The van der Waals surface area contributed by atoms with Crippen LogP contribution in [0, 0.1) is 0 Å². The van der Waals surface area contributed by atoms with Gasteiger partial charge in [0.1, 0.15) is 0 Å². The van der Waals surface area contributed by atoms with Crippen LogP contribution in [0.5, 0.6) is 0 Å². The molecule has 0 amide bonds. The van der Waals surface area contributed by atoms with Crippen LogP contribution in [0.25, 0.3) is 55.3 Å². The van der Waals surface area contributed by atoms with E-state index in [4.69, 9.17) is 0 Å². The van der Waals surface area contributed by atoms with Crippen LogP contribution in [0.3, 0.4) is 0 Å². The number of anilines is 6. The van der Waals surface area contributed by atoms with Gasteiger partial charge in [-0.25, -0.2) is 0 Å². The maximum Gasteiger partial charge on any atom is 0.0727 e. The van der Waals surface area contributed by atoms with Crippen LogP contribution in [0.1, 0.15) is 47.2 Å². The molecule has 1 unspecified atom stereocenters. The second kappa shape index (κ2) is 15.4. The molecule has 0 N–H and O–H groups in total. The fourth-order valence-corrected chi connectivity index (χ4v) is 12.6. The first-order chi connectivity index (χ1) is 34.5. The maximum atomic E-state index is 2.53. The number of para-hydroxylation sites is 2. The number of hydrogen-bond donors (Lipinski definition) is 0. The number of rotatable bonds is 7. The topological polar surface area (TPSA) is 6.48 Å². The minimum absolute atomic E-state index is 0.162. The number of fused-ring (bicyclic) bond motifs is 14. The quantitative estimate of drug-likeness (QED) is 0.157. The summed E-state index contributed by atoms with van der Waals surface area (Å²) in [6.45, 7) is 4.75. The number of nitrogens with zero attached hydrogens (tertiary/aromatic N) is 2. The minimum Gasteiger partial charge on any atom is -0.310 e. The van der Waals surface area contributed by atoms with Crippen molar-refractivity contribution in [1.29, 1.82) is 0 Å². The highest BCUT2D eigenvalue weighted by Crippen LogP contribution is 2.64. The summed E-state index contributed by atoms with van der Waals surface area (Å²) in [5, 5.41) is 2.43. The molecule has 0 fully saturated rings. The van der Waals surface area contributed by atoms with Gasteiger partial charge in [-0.15, -0.1) is 0 Å². The highest BCUT2D eigenvalue weighted by atomic mass is 15.2. The number of hydrogen-bond acceptors (Lipinski definition) is 2. The third-order valence-electron chi connectivity index (χ3n) is 15.7. The SMILES string of the molecule is CC1(C)c2ccccc2-c2ccc(N(c3ccc4c(c3)C3(c5ccccc5-4)c4ccccc4-c4ccc(N(c5ccccc5)c5cccc6ccccc56)cc43)c3ccccc3-c3ccccc3)cc21. The molecule has 1 spiro atoms. The molecule has 14 rings (SSSR count). The first-order valence-corrected chi connectivity index (χ1v) is 24.5. The zero-order valence-electron chi connectivity index (χ0n) is 39.1. The molecule has 0 saturated carbocycles. The normalized spacial score (nSPS) is 15.2. The van der Waals surface area contributed by atoms with Gasteiger partial charge in [-0.2, -0.15) is 0 Å². The van der Waals surface area contributed by atoms with E-state index in [1.54, 1.807) is 0 Å². The third kappa shape index (κ3) is 5.74. The van der Waals surface area contributed by atoms with Gasteiger partial charge in [-0.3, -0.25) is 0 Å². The van der Waals surface area contributed by atoms with Crippen molar-refractivity contribution >= 4 is 44.9 Å². The Hall–Kier alpha value is -8.72. The van der Waals surface area contributed by atoms with Crippen molar-refractivity contribution < 1.29 is 0 Å². The molecule has 3 aliphatic rings. The van der Waals surface area contributed by atoms with Gasteiger partial charge >= 0.3 is 0 Å². The Kier molecular flexibility index (Phi) is 8.88. The molecule has 0 aromatic heterocycles. The van der Waals surface area contributed by atoms with Crippen molar-refractivity contribution in [2.24, 2.45) is 0 Å². The van der Waals surface area contributed by atoms with Gasteiger partial charge in [0.05, 0.1) is 16.8 Å². The Labute approximate surface area is 410 Å². The third-order valence-corrected chi connectivity index (χ3v) is 15.7. The first-order valence-electron chi connectivity index (χ1n) is 24.5. The molecule has 70 heavy (non-hydrogen) atoms. The summed E-state index contributed by atoms with van der Waals surface area (Å²) >= 11 is 0. The lowest BCUT2D eigenvalue weighted by Crippen LogP contribution is -2.26. The minimum atomic E-state index is -0.600. The van der Waals surface area contributed by atoms with Crippen molar-refractivity contribution in [2.45, 2.75) is 24.7 Å². The van der Waals surface area contributed by atoms with Crippen molar-refractivity contribution in [3.8, 4) is 44.5 Å². The van der Waals surface area contributed by atoms with Gasteiger partial charge in [0.15, 0.2) is 0 Å². The molecule has 0 heterocycles. The molecular formula is C68H48N2. The molecule has 11 aromatic carbocycles. The standard InChI is InChI=1S/C68H48N2/c1-67(2)59-31-15-11-28-53(59)56-39-36-48(42-62(56)67)70(65-34-18-14-27-51(65)45-20-5-3-6-21-45)50-38-41-58-55-30-13-17-33-61(55)68(64(58)44-50)60-32-16-12-29-54(60)57-40-37-49(43-63(57)68)69(47-24-7-4-8-25-47)66-35-19-23-46-22-9-10-26-52(46)66/h3-44H,1-2H3. The predicted molar refractivity (Wildman–Crippen MR) is 293 cm³/mol. The van der Waals surface area contributed by atoms with Crippen LogP contribution in [-0.2, 0) is 10.8 Å². The van der Waals surface area contributed by atoms with Crippen LogP contribution in [-0.4, -0.2) is 0 Å². The second-order valence-corrected chi connectivity index (χ2v) is 19.6. The molecule has 3 aliphatic carbocycles. The van der Waals surface area contributed by atoms with Crippen LogP contribution in [0.2, 0.25) is 0 Å². The van der Waals surface area contributed by atoms with E-state index in [1.807, 2.05) is 0 Å². The van der Waals surface area contributed by atoms with E-state index in [0.717, 1.165) is 34.1 Å². The zero-order valence-corrected chi connectivity index (χ0v) is 39.1. The van der Waals surface area contributed by atoms with E-state index < -0.39 is 5.41 Å². The van der Waals surface area contributed by atoms with Crippen LogP contribution < -0.4 is 9.80 Å². The van der Waals surface area contributed by atoms with Crippen molar-refractivity contribution in [1.82, 2.24) is 0 Å². The van der Waals surface area contributed by atoms with Gasteiger partial charge in [-0.1, -0.05) is 208 Å². The van der Waals surface area contributed by atoms with E-state index in [9.17, 15) is 0 Å². The maximum absolute atomic E-state index is 2.53. The van der Waals surface area contributed by atoms with Gasteiger partial charge in [0.25, 0.3) is 0 Å². The van der Waals surface area contributed by atoms with Gasteiger partial charge < -0.3 is 9.80 Å². The summed E-state index contributed by atoms with van der Waals surface area (Å²) in [5.74, 6) is 0. The smallest absolute Gasteiger partial charge is 0.0727 e. The average molecular weight is 893 g/mol. The zero-order chi connectivity index (χ0) is 46.6. The van der Waals surface area contributed by atoms with Gasteiger partial charge in [-0.05, 0) is 138 Å². The average Bonchev–Trinajstić information content (AvgIpc) is 3.97. The first kappa shape index (κ1) is 40.4. The highest BCUT2D eigenvalue weighted by molar-refractivity contribution is 6.02. The van der Waals surface area contributed by atoms with E-state index in [2.05, 4.69) is 278 Å². The Morgan fingerprint density at radius 3 is 1.31 bits per heavy atom. The molecule has 0 radical (unpaired) electrons. The van der Waals surface area contributed by atoms with Crippen LogP contribution in [0.4, 0.5) is 34.1 Å². The molecule has 2 heteroatoms. The van der Waals surface area contributed by atoms with Gasteiger partial charge in [0, 0.05) is 39.1 Å². The summed E-state index contributed by atoms with van der Waals surface area (Å²) in [4.78, 5) is 4.97. The Morgan fingerprint density at radius 2 is 0.686 bits per heavy atom. The van der Waals surface area contributed by atoms with Crippen molar-refractivity contribution in [3.05, 3.63) is 288 Å². The van der Waals surface area contributed by atoms with E-state index in [-0.39, 0.29) is 5.41 Å².